The Morgan fingerprint density at radius 2 is 1.79 bits per heavy atom. The van der Waals surface area contributed by atoms with E-state index in [1.165, 1.54) is 12.8 Å². The van der Waals surface area contributed by atoms with Crippen LogP contribution in [0.3, 0.4) is 0 Å². The van der Waals surface area contributed by atoms with E-state index in [1.807, 2.05) is 7.05 Å². The van der Waals surface area contributed by atoms with Crippen molar-refractivity contribution in [2.24, 2.45) is 11.8 Å². The van der Waals surface area contributed by atoms with Gasteiger partial charge in [0.1, 0.15) is 17.5 Å². The average molecular weight is 262 g/mol. The largest absolute Gasteiger partial charge is 0.373 e. The molecule has 1 aromatic rings. The van der Waals surface area contributed by atoms with Crippen LogP contribution in [-0.2, 0) is 0 Å². The third-order valence-electron chi connectivity index (χ3n) is 4.07. The van der Waals surface area contributed by atoms with Crippen LogP contribution < -0.4 is 10.6 Å². The standard InChI is InChI=1S/C15H26N4/c1-9(2)10(3)8-17-14-11(4)13(16-5)18-15(19-14)12-6-7-12/h9-10,12H,6-8H2,1-5H3,(H2,16,17,18,19). The van der Waals surface area contributed by atoms with E-state index in [4.69, 9.17) is 4.98 Å². The highest BCUT2D eigenvalue weighted by Crippen LogP contribution is 2.39. The van der Waals surface area contributed by atoms with Crippen molar-refractivity contribution < 1.29 is 0 Å². The predicted octanol–water partition coefficient (Wildman–Crippen LogP) is 3.41. The van der Waals surface area contributed by atoms with Crippen molar-refractivity contribution in [2.75, 3.05) is 24.2 Å². The number of nitrogens with one attached hydrogen (secondary N) is 2. The van der Waals surface area contributed by atoms with Crippen LogP contribution in [0.25, 0.3) is 0 Å². The molecule has 0 saturated heterocycles. The van der Waals surface area contributed by atoms with Crippen LogP contribution in [0.5, 0.6) is 0 Å². The quantitative estimate of drug-likeness (QED) is 0.825. The minimum absolute atomic E-state index is 0.579. The molecule has 0 aromatic carbocycles. The SMILES string of the molecule is CNc1nc(C2CC2)nc(NCC(C)C(C)C)c1C. The highest BCUT2D eigenvalue weighted by molar-refractivity contribution is 5.57. The molecule has 1 aliphatic carbocycles. The lowest BCUT2D eigenvalue weighted by atomic mass is 9.98. The Morgan fingerprint density at radius 3 is 2.32 bits per heavy atom. The maximum atomic E-state index is 4.71. The van der Waals surface area contributed by atoms with Gasteiger partial charge < -0.3 is 10.6 Å². The number of hydrogen-bond donors (Lipinski definition) is 2. The maximum Gasteiger partial charge on any atom is 0.136 e. The number of aromatic nitrogens is 2. The normalized spacial score (nSPS) is 16.5. The van der Waals surface area contributed by atoms with Crippen LogP contribution in [-0.4, -0.2) is 23.6 Å². The van der Waals surface area contributed by atoms with Crippen LogP contribution >= 0.6 is 0 Å². The van der Waals surface area contributed by atoms with Crippen molar-refractivity contribution in [3.63, 3.8) is 0 Å². The molecule has 1 atom stereocenters. The first kappa shape index (κ1) is 14.1. The molecule has 0 aliphatic heterocycles. The molecule has 0 amide bonds. The summed E-state index contributed by atoms with van der Waals surface area (Å²) >= 11 is 0. The summed E-state index contributed by atoms with van der Waals surface area (Å²) in [4.78, 5) is 9.33. The summed E-state index contributed by atoms with van der Waals surface area (Å²) in [6, 6.07) is 0. The molecule has 1 heterocycles. The van der Waals surface area contributed by atoms with Gasteiger partial charge in [-0.25, -0.2) is 9.97 Å². The molecule has 1 fully saturated rings. The number of nitrogens with zero attached hydrogens (tertiary/aromatic N) is 2. The first-order chi connectivity index (χ1) is 9.02. The summed E-state index contributed by atoms with van der Waals surface area (Å²) in [7, 11) is 1.92. The molecule has 19 heavy (non-hydrogen) atoms. The molecule has 0 spiro atoms. The van der Waals surface area contributed by atoms with E-state index < -0.39 is 0 Å². The lowest BCUT2D eigenvalue weighted by Crippen LogP contribution is -2.18. The molecule has 4 nitrogen and oxygen atoms in total. The van der Waals surface area contributed by atoms with Gasteiger partial charge >= 0.3 is 0 Å². The molecule has 0 radical (unpaired) electrons. The second kappa shape index (κ2) is 5.76. The fourth-order valence-electron chi connectivity index (χ4n) is 1.97. The van der Waals surface area contributed by atoms with Gasteiger partial charge in [0.2, 0.25) is 0 Å². The highest BCUT2D eigenvalue weighted by atomic mass is 15.1. The number of anilines is 2. The van der Waals surface area contributed by atoms with Crippen molar-refractivity contribution in [1.82, 2.24) is 9.97 Å². The molecule has 4 heteroatoms. The molecule has 1 saturated carbocycles. The first-order valence-electron chi connectivity index (χ1n) is 7.33. The summed E-state index contributed by atoms with van der Waals surface area (Å²) in [5.41, 5.74) is 1.11. The zero-order valence-corrected chi connectivity index (χ0v) is 12.7. The molecular weight excluding hydrogens is 236 g/mol. The molecule has 1 aliphatic rings. The Labute approximate surface area is 116 Å². The third-order valence-corrected chi connectivity index (χ3v) is 4.07. The summed E-state index contributed by atoms with van der Waals surface area (Å²) in [6.07, 6.45) is 2.46. The van der Waals surface area contributed by atoms with Crippen molar-refractivity contribution >= 4 is 11.6 Å². The van der Waals surface area contributed by atoms with Gasteiger partial charge in [-0.1, -0.05) is 20.8 Å². The molecule has 2 N–H and O–H groups in total. The highest BCUT2D eigenvalue weighted by Gasteiger charge is 2.28. The number of rotatable bonds is 6. The average Bonchev–Trinajstić information content (AvgIpc) is 3.21. The lowest BCUT2D eigenvalue weighted by molar-refractivity contribution is 0.439. The van der Waals surface area contributed by atoms with Gasteiger partial charge in [-0.15, -0.1) is 0 Å². The van der Waals surface area contributed by atoms with E-state index in [0.29, 0.717) is 17.8 Å². The number of hydrogen-bond acceptors (Lipinski definition) is 4. The summed E-state index contributed by atoms with van der Waals surface area (Å²) in [5, 5.41) is 6.68. The minimum atomic E-state index is 0.579. The Hall–Kier alpha value is -1.32. The predicted molar refractivity (Wildman–Crippen MR) is 80.8 cm³/mol. The van der Waals surface area contributed by atoms with Crippen LogP contribution in [0.2, 0.25) is 0 Å². The van der Waals surface area contributed by atoms with Gasteiger partial charge in [-0.2, -0.15) is 0 Å². The zero-order chi connectivity index (χ0) is 14.0. The van der Waals surface area contributed by atoms with Crippen LogP contribution in [0.15, 0.2) is 0 Å². The van der Waals surface area contributed by atoms with Gasteiger partial charge in [-0.05, 0) is 31.6 Å². The van der Waals surface area contributed by atoms with Gasteiger partial charge in [0, 0.05) is 25.1 Å². The summed E-state index contributed by atoms with van der Waals surface area (Å²) in [5.74, 6) is 4.84. The second-order valence-corrected chi connectivity index (χ2v) is 6.03. The van der Waals surface area contributed by atoms with E-state index in [0.717, 1.165) is 29.6 Å². The molecule has 2 rings (SSSR count). The fraction of sp³-hybridized carbons (Fsp3) is 0.733. The third kappa shape index (κ3) is 3.37. The first-order valence-corrected chi connectivity index (χ1v) is 7.33. The van der Waals surface area contributed by atoms with E-state index in [1.54, 1.807) is 0 Å². The van der Waals surface area contributed by atoms with Gasteiger partial charge in [0.25, 0.3) is 0 Å². The Balaban J connectivity index is 2.15. The molecule has 0 bridgehead atoms. The maximum absolute atomic E-state index is 4.71. The molecule has 1 unspecified atom stereocenters. The van der Waals surface area contributed by atoms with Crippen molar-refractivity contribution in [1.29, 1.82) is 0 Å². The Morgan fingerprint density at radius 1 is 1.16 bits per heavy atom. The van der Waals surface area contributed by atoms with Gasteiger partial charge in [-0.3, -0.25) is 0 Å². The van der Waals surface area contributed by atoms with Crippen molar-refractivity contribution in [2.45, 2.75) is 46.5 Å². The smallest absolute Gasteiger partial charge is 0.136 e. The monoisotopic (exact) mass is 262 g/mol. The molecule has 1 aromatic heterocycles. The molecular formula is C15H26N4. The minimum Gasteiger partial charge on any atom is -0.373 e. The van der Waals surface area contributed by atoms with Gasteiger partial charge in [0.15, 0.2) is 0 Å². The molecule has 106 valence electrons. The Bertz CT molecular complexity index is 438. The Kier molecular flexibility index (Phi) is 4.27. The van der Waals surface area contributed by atoms with Crippen molar-refractivity contribution in [3.05, 3.63) is 11.4 Å². The van der Waals surface area contributed by atoms with E-state index in [-0.39, 0.29) is 0 Å². The second-order valence-electron chi connectivity index (χ2n) is 6.03. The van der Waals surface area contributed by atoms with E-state index in [2.05, 4.69) is 43.3 Å². The van der Waals surface area contributed by atoms with Crippen LogP contribution in [0.1, 0.15) is 50.9 Å². The zero-order valence-electron chi connectivity index (χ0n) is 12.7. The topological polar surface area (TPSA) is 49.8 Å². The van der Waals surface area contributed by atoms with Crippen LogP contribution in [0, 0.1) is 18.8 Å². The summed E-state index contributed by atoms with van der Waals surface area (Å²) in [6.45, 7) is 9.82. The van der Waals surface area contributed by atoms with E-state index in [9.17, 15) is 0 Å². The summed E-state index contributed by atoms with van der Waals surface area (Å²) < 4.78 is 0. The van der Waals surface area contributed by atoms with Crippen molar-refractivity contribution in [3.8, 4) is 0 Å². The lowest BCUT2D eigenvalue weighted by Gasteiger charge is -2.19. The van der Waals surface area contributed by atoms with E-state index >= 15 is 0 Å². The fourth-order valence-corrected chi connectivity index (χ4v) is 1.97. The van der Waals surface area contributed by atoms with Gasteiger partial charge in [0.05, 0.1) is 0 Å². The van der Waals surface area contributed by atoms with Crippen LogP contribution in [0.4, 0.5) is 11.6 Å².